The number of hydrogen-bond acceptors (Lipinski definition) is 3. The largest absolute Gasteiger partial charge is 0.508 e. The van der Waals surface area contributed by atoms with Gasteiger partial charge >= 0.3 is 0 Å². The van der Waals surface area contributed by atoms with Crippen LogP contribution in [0.5, 0.6) is 5.75 Å². The minimum absolute atomic E-state index is 0.178. The second-order valence-electron chi connectivity index (χ2n) is 8.97. The molecule has 1 saturated heterocycles. The molecule has 1 fully saturated rings. The Morgan fingerprint density at radius 2 is 1.75 bits per heavy atom. The zero-order chi connectivity index (χ0) is 22.3. The van der Waals surface area contributed by atoms with Crippen LogP contribution in [0.2, 0.25) is 0 Å². The highest BCUT2D eigenvalue weighted by Gasteiger charge is 2.18. The van der Waals surface area contributed by atoms with Crippen molar-refractivity contribution >= 4 is 5.57 Å². The second kappa shape index (κ2) is 10.8. The summed E-state index contributed by atoms with van der Waals surface area (Å²) in [7, 11) is 0. The van der Waals surface area contributed by atoms with Crippen molar-refractivity contribution in [2.24, 2.45) is 0 Å². The summed E-state index contributed by atoms with van der Waals surface area (Å²) in [5, 5.41) is 23.2. The lowest BCUT2D eigenvalue weighted by Gasteiger charge is -2.24. The maximum absolute atomic E-state index is 10.1. The minimum Gasteiger partial charge on any atom is -0.508 e. The molecular formula is C29H35NO2. The Labute approximate surface area is 192 Å². The normalized spacial score (nSPS) is 17.8. The van der Waals surface area contributed by atoms with Crippen LogP contribution in [0.1, 0.15) is 66.7 Å². The molecule has 1 heterocycles. The van der Waals surface area contributed by atoms with Crippen molar-refractivity contribution in [1.82, 2.24) is 5.32 Å². The molecule has 32 heavy (non-hydrogen) atoms. The summed E-state index contributed by atoms with van der Waals surface area (Å²) in [6, 6.07) is 15.0. The van der Waals surface area contributed by atoms with Crippen molar-refractivity contribution in [1.29, 1.82) is 0 Å². The van der Waals surface area contributed by atoms with Gasteiger partial charge in [-0.15, -0.1) is 0 Å². The zero-order valence-electron chi connectivity index (χ0n) is 19.1. The molecule has 0 saturated carbocycles. The summed E-state index contributed by atoms with van der Waals surface area (Å²) < 4.78 is 0. The Bertz CT molecular complexity index is 1010. The molecule has 168 valence electrons. The number of aryl methyl sites for hydroxylation is 1. The van der Waals surface area contributed by atoms with E-state index < -0.39 is 0 Å². The van der Waals surface area contributed by atoms with Crippen molar-refractivity contribution in [2.45, 2.75) is 51.4 Å². The molecule has 3 heteroatoms. The number of rotatable bonds is 7. The summed E-state index contributed by atoms with van der Waals surface area (Å²) in [5.41, 5.74) is 8.34. The zero-order valence-corrected chi connectivity index (χ0v) is 19.1. The van der Waals surface area contributed by atoms with Crippen LogP contribution < -0.4 is 5.32 Å². The lowest BCUT2D eigenvalue weighted by Crippen LogP contribution is -2.26. The van der Waals surface area contributed by atoms with Gasteiger partial charge < -0.3 is 15.5 Å². The summed E-state index contributed by atoms with van der Waals surface area (Å²) >= 11 is 0. The lowest BCUT2D eigenvalue weighted by molar-refractivity contribution is 0.289. The molecule has 0 spiro atoms. The molecule has 0 aromatic heterocycles. The third-order valence-electron chi connectivity index (χ3n) is 6.73. The summed E-state index contributed by atoms with van der Waals surface area (Å²) in [5.74, 6) is 0.953. The molecule has 0 atom stereocenters. The first-order chi connectivity index (χ1) is 15.7. The van der Waals surface area contributed by atoms with E-state index in [4.69, 9.17) is 0 Å². The van der Waals surface area contributed by atoms with Crippen molar-refractivity contribution in [3.63, 3.8) is 0 Å². The molecule has 1 aliphatic heterocycles. The monoisotopic (exact) mass is 429 g/mol. The van der Waals surface area contributed by atoms with Gasteiger partial charge in [-0.2, -0.15) is 0 Å². The molecule has 2 aromatic carbocycles. The van der Waals surface area contributed by atoms with Gasteiger partial charge in [0, 0.05) is 6.61 Å². The Morgan fingerprint density at radius 1 is 1.00 bits per heavy atom. The van der Waals surface area contributed by atoms with Gasteiger partial charge in [0.05, 0.1) is 0 Å². The maximum Gasteiger partial charge on any atom is 0.118 e. The summed E-state index contributed by atoms with van der Waals surface area (Å²) in [4.78, 5) is 0. The molecule has 0 radical (unpaired) electrons. The van der Waals surface area contributed by atoms with E-state index in [-0.39, 0.29) is 6.61 Å². The average molecular weight is 430 g/mol. The Balaban J connectivity index is 1.82. The smallest absolute Gasteiger partial charge is 0.118 e. The molecular weight excluding hydrogens is 394 g/mol. The summed E-state index contributed by atoms with van der Waals surface area (Å²) in [6.07, 6.45) is 12.9. The van der Waals surface area contributed by atoms with Gasteiger partial charge in [-0.25, -0.2) is 0 Å². The van der Waals surface area contributed by atoms with E-state index in [1.165, 1.54) is 40.7 Å². The van der Waals surface area contributed by atoms with Gasteiger partial charge in [0.1, 0.15) is 5.75 Å². The maximum atomic E-state index is 10.1. The number of phenols is 1. The van der Waals surface area contributed by atoms with Crippen molar-refractivity contribution in [3.8, 4) is 5.75 Å². The number of nitrogens with one attached hydrogen (secondary N) is 1. The number of aromatic hydroxyl groups is 1. The van der Waals surface area contributed by atoms with Gasteiger partial charge in [-0.1, -0.05) is 48.6 Å². The third-order valence-corrected chi connectivity index (χ3v) is 6.73. The molecule has 0 unspecified atom stereocenters. The summed E-state index contributed by atoms with van der Waals surface area (Å²) in [6.45, 7) is 4.31. The van der Waals surface area contributed by atoms with Crippen molar-refractivity contribution < 1.29 is 10.2 Å². The van der Waals surface area contributed by atoms with Crippen LogP contribution in [0, 0.1) is 6.92 Å². The number of benzene rings is 2. The fourth-order valence-corrected chi connectivity index (χ4v) is 4.91. The number of allylic oxidation sites excluding steroid dienone is 5. The predicted molar refractivity (Wildman–Crippen MR) is 133 cm³/mol. The molecule has 4 rings (SSSR count). The van der Waals surface area contributed by atoms with Gasteiger partial charge in [0.25, 0.3) is 0 Å². The van der Waals surface area contributed by atoms with Gasteiger partial charge in [0.15, 0.2) is 0 Å². The number of piperidine rings is 1. The van der Waals surface area contributed by atoms with E-state index in [0.29, 0.717) is 11.7 Å². The number of aliphatic hydroxyl groups is 1. The molecule has 2 aliphatic rings. The quantitative estimate of drug-likeness (QED) is 0.504. The highest BCUT2D eigenvalue weighted by Crippen LogP contribution is 2.37. The van der Waals surface area contributed by atoms with Crippen LogP contribution in [-0.4, -0.2) is 29.9 Å². The molecule has 1 aliphatic carbocycles. The SMILES string of the molecule is Cc1cc(/C(=C(\CCCO)C2=CCCC=C2)c2ccc(C3CCNCC3)cc2)ccc1O. The Morgan fingerprint density at radius 3 is 2.41 bits per heavy atom. The molecule has 0 bridgehead atoms. The number of aliphatic hydroxyl groups excluding tert-OH is 1. The fraction of sp³-hybridized carbons (Fsp3) is 0.379. The van der Waals surface area contributed by atoms with Crippen molar-refractivity contribution in [3.05, 3.63) is 94.1 Å². The highest BCUT2D eigenvalue weighted by molar-refractivity contribution is 5.86. The van der Waals surface area contributed by atoms with Crippen LogP contribution in [0.25, 0.3) is 5.57 Å². The second-order valence-corrected chi connectivity index (χ2v) is 8.97. The third kappa shape index (κ3) is 5.23. The van der Waals surface area contributed by atoms with E-state index >= 15 is 0 Å². The van der Waals surface area contributed by atoms with E-state index in [2.05, 4.69) is 53.9 Å². The first-order valence-corrected chi connectivity index (χ1v) is 12.0. The van der Waals surface area contributed by atoms with Crippen LogP contribution in [0.15, 0.2) is 71.8 Å². The Hall–Kier alpha value is -2.62. The standard InChI is InChI=1S/C29H35NO2/c1-21-20-26(13-14-28(21)32)29(27(8-5-19-31)24-6-3-2-4-7-24)25-11-9-22(10-12-25)23-15-17-30-18-16-23/h3,6-7,9-14,20,23,30-32H,2,4-5,8,15-19H2,1H3/b29-27+. The molecule has 2 aromatic rings. The van der Waals surface area contributed by atoms with E-state index in [9.17, 15) is 10.2 Å². The van der Waals surface area contributed by atoms with Gasteiger partial charge in [0.2, 0.25) is 0 Å². The van der Waals surface area contributed by atoms with Crippen molar-refractivity contribution in [2.75, 3.05) is 19.7 Å². The van der Waals surface area contributed by atoms with Gasteiger partial charge in [-0.3, -0.25) is 0 Å². The van der Waals surface area contributed by atoms with Crippen LogP contribution in [0.3, 0.4) is 0 Å². The fourth-order valence-electron chi connectivity index (χ4n) is 4.91. The Kier molecular flexibility index (Phi) is 7.62. The van der Waals surface area contributed by atoms with Crippen LogP contribution in [0.4, 0.5) is 0 Å². The predicted octanol–water partition coefficient (Wildman–Crippen LogP) is 6.02. The first kappa shape index (κ1) is 22.6. The highest BCUT2D eigenvalue weighted by atomic mass is 16.3. The van der Waals surface area contributed by atoms with E-state index in [0.717, 1.165) is 49.9 Å². The molecule has 3 nitrogen and oxygen atoms in total. The number of hydrogen-bond donors (Lipinski definition) is 3. The van der Waals surface area contributed by atoms with Gasteiger partial charge in [-0.05, 0) is 116 Å². The van der Waals surface area contributed by atoms with E-state index in [1.807, 2.05) is 13.0 Å². The topological polar surface area (TPSA) is 52.5 Å². The number of phenolic OH excluding ortho intramolecular Hbond substituents is 1. The minimum atomic E-state index is 0.178. The van der Waals surface area contributed by atoms with Crippen LogP contribution in [-0.2, 0) is 0 Å². The van der Waals surface area contributed by atoms with Crippen LogP contribution >= 0.6 is 0 Å². The average Bonchev–Trinajstić information content (AvgIpc) is 2.85. The molecule has 0 amide bonds. The first-order valence-electron chi connectivity index (χ1n) is 12.0. The molecule has 3 N–H and O–H groups in total. The van der Waals surface area contributed by atoms with E-state index in [1.54, 1.807) is 6.07 Å². The lowest BCUT2D eigenvalue weighted by atomic mass is 9.83.